The molecule has 1 saturated heterocycles. The lowest BCUT2D eigenvalue weighted by atomic mass is 9.90. The maximum atomic E-state index is 14.4. The molecule has 10 N–H and O–H groups in total. The molecule has 1 heterocycles. The minimum Gasteiger partial charge on any atom is -0.480 e. The van der Waals surface area contributed by atoms with E-state index in [4.69, 9.17) is 25.7 Å². The van der Waals surface area contributed by atoms with E-state index in [1.165, 1.54) is 19.1 Å². The van der Waals surface area contributed by atoms with Crippen LogP contribution in [0.1, 0.15) is 111 Å². The van der Waals surface area contributed by atoms with Gasteiger partial charge in [0, 0.05) is 65.7 Å². The number of nitrogens with two attached hydrogens (primary N) is 2. The maximum Gasteiger partial charge on any atom is 0.414 e. The van der Waals surface area contributed by atoms with E-state index < -0.39 is 96.2 Å². The molecule has 0 bridgehead atoms. The van der Waals surface area contributed by atoms with Crippen LogP contribution in [0, 0.1) is 23.7 Å². The average molecular weight is 1240 g/mol. The molecule has 3 aromatic rings. The predicted molar refractivity (Wildman–Crippen MR) is 340 cm³/mol. The van der Waals surface area contributed by atoms with E-state index in [1.807, 2.05) is 57.8 Å². The van der Waals surface area contributed by atoms with Crippen molar-refractivity contribution < 1.29 is 62.5 Å². The quantitative estimate of drug-likeness (QED) is 0.0357. The van der Waals surface area contributed by atoms with Crippen molar-refractivity contribution in [3.63, 3.8) is 0 Å². The zero-order valence-corrected chi connectivity index (χ0v) is 54.3. The highest BCUT2D eigenvalue weighted by Crippen LogP contribution is 2.30. The van der Waals surface area contributed by atoms with Gasteiger partial charge < -0.3 is 67.2 Å². The number of hydrogen-bond donors (Lipinski definition) is 8. The number of primary amides is 1. The number of amides is 9. The molecule has 0 spiro atoms. The van der Waals surface area contributed by atoms with Crippen molar-refractivity contribution in [1.29, 1.82) is 0 Å². The molecule has 0 saturated carbocycles. The van der Waals surface area contributed by atoms with Crippen LogP contribution in [-0.4, -0.2) is 183 Å². The summed E-state index contributed by atoms with van der Waals surface area (Å²) in [5.74, 6) is -4.73. The Labute approximate surface area is 525 Å². The molecule has 492 valence electrons. The van der Waals surface area contributed by atoms with Gasteiger partial charge in [-0.25, -0.2) is 14.4 Å². The van der Waals surface area contributed by atoms with Gasteiger partial charge in [0.15, 0.2) is 0 Å². The summed E-state index contributed by atoms with van der Waals surface area (Å²) in [5, 5.41) is 23.6. The number of carbonyl (C=O) groups excluding carboxylic acids is 8. The van der Waals surface area contributed by atoms with E-state index in [9.17, 15) is 48.3 Å². The fourth-order valence-corrected chi connectivity index (χ4v) is 11.3. The number of ether oxygens (including phenoxy) is 3. The predicted octanol–water partition coefficient (Wildman–Crippen LogP) is 5.05. The molecule has 0 radical (unpaired) electrons. The molecule has 1 aliphatic rings. The van der Waals surface area contributed by atoms with Crippen molar-refractivity contribution in [1.82, 2.24) is 36.0 Å². The van der Waals surface area contributed by atoms with Gasteiger partial charge in [0.05, 0.1) is 48.7 Å². The summed E-state index contributed by atoms with van der Waals surface area (Å²) in [7, 11) is 8.11. The number of carboxylic acid groups (broad SMARTS) is 1. The molecule has 9 amide bonds. The molecule has 24 heteroatoms. The molecule has 3 aromatic carbocycles. The molecule has 11 unspecified atom stereocenters. The summed E-state index contributed by atoms with van der Waals surface area (Å²) in [6.07, 6.45) is 0.995. The van der Waals surface area contributed by atoms with Crippen LogP contribution in [0.3, 0.4) is 0 Å². The number of nitrogens with one attached hydrogen (secondary N) is 5. The first-order valence-corrected chi connectivity index (χ1v) is 30.8. The Morgan fingerprint density at radius 3 is 1.94 bits per heavy atom. The third-order valence-electron chi connectivity index (χ3n) is 16.8. The standard InChI is InChI=1S/C65H99N11O13/c1-14-41(6)56(52(87-12)37-53(77)76-34-19-23-51(76)57(88-13)42(7)58(78)72-50(63(83)84)36-45-20-16-15-17-21-45)75(11)62(82)43(8)69-61(81)55(40(4)5)73(9)35-32-44-26-30-48(31-27-44)74(10)65(86)89-38-46-24-28-47(29-25-46)70-59(79)49(22-18-33-68-64(67)85)71-60(80)54(66)39(2)3/h15-17,20-21,24-31,39-43,49-52,54-57H,14,18-19,22-23,32-38,66H2,1-13H3,(H,69,81)(H,70,79)(H,71,80)(H,72,78)(H,83,84)(H3,67,68,85). The maximum absolute atomic E-state index is 14.4. The van der Waals surface area contributed by atoms with Gasteiger partial charge in [-0.05, 0) is 105 Å². The van der Waals surface area contributed by atoms with Crippen LogP contribution in [0.15, 0.2) is 78.9 Å². The smallest absolute Gasteiger partial charge is 0.414 e. The second-order valence-corrected chi connectivity index (χ2v) is 24.1. The highest BCUT2D eigenvalue weighted by atomic mass is 16.6. The highest BCUT2D eigenvalue weighted by molar-refractivity contribution is 5.98. The Morgan fingerprint density at radius 2 is 1.37 bits per heavy atom. The van der Waals surface area contributed by atoms with E-state index in [2.05, 4.69) is 26.6 Å². The van der Waals surface area contributed by atoms with Crippen molar-refractivity contribution in [2.75, 3.05) is 65.2 Å². The van der Waals surface area contributed by atoms with Crippen LogP contribution < -0.4 is 43.0 Å². The van der Waals surface area contributed by atoms with Crippen molar-refractivity contribution in [3.8, 4) is 0 Å². The lowest BCUT2D eigenvalue weighted by Crippen LogP contribution is -2.58. The average Bonchev–Trinajstić information content (AvgIpc) is 2.31. The molecule has 1 fully saturated rings. The summed E-state index contributed by atoms with van der Waals surface area (Å²) in [4.78, 5) is 126. The summed E-state index contributed by atoms with van der Waals surface area (Å²) < 4.78 is 17.6. The SMILES string of the molecule is CCC(C)C(C(CC(=O)N1CCCC1C(OC)C(C)C(=O)NC(Cc1ccccc1)C(=O)O)OC)N(C)C(=O)C(C)NC(=O)C(C(C)C)N(C)CCc1ccc(N(C)C(=O)OCc2ccc(NC(=O)C(CCCNC(N)=O)NC(=O)C(N)C(C)C)cc2)cc1. The van der Waals surface area contributed by atoms with E-state index >= 15 is 0 Å². The summed E-state index contributed by atoms with van der Waals surface area (Å²) in [5.41, 5.74) is 14.6. The fraction of sp³-hybridized carbons (Fsp3) is 0.585. The number of rotatable bonds is 35. The van der Waals surface area contributed by atoms with Gasteiger partial charge in [-0.3, -0.25) is 38.6 Å². The number of hydrogen-bond acceptors (Lipinski definition) is 14. The summed E-state index contributed by atoms with van der Waals surface area (Å²) >= 11 is 0. The molecule has 0 aromatic heterocycles. The number of anilines is 2. The van der Waals surface area contributed by atoms with E-state index in [1.54, 1.807) is 112 Å². The van der Waals surface area contributed by atoms with E-state index in [0.717, 1.165) is 11.1 Å². The van der Waals surface area contributed by atoms with Gasteiger partial charge in [0.25, 0.3) is 0 Å². The topological polar surface area (TPSA) is 327 Å². The normalized spacial score (nSPS) is 16.6. The van der Waals surface area contributed by atoms with Gasteiger partial charge in [-0.1, -0.05) is 109 Å². The zero-order valence-electron chi connectivity index (χ0n) is 54.3. The van der Waals surface area contributed by atoms with Crippen LogP contribution in [0.25, 0.3) is 0 Å². The van der Waals surface area contributed by atoms with Gasteiger partial charge in [-0.15, -0.1) is 0 Å². The number of benzene rings is 3. The minimum absolute atomic E-state index is 0.0519. The molecule has 1 aliphatic heterocycles. The Balaban J connectivity index is 1.31. The van der Waals surface area contributed by atoms with Crippen molar-refractivity contribution >= 4 is 64.9 Å². The van der Waals surface area contributed by atoms with Gasteiger partial charge in [0.1, 0.15) is 24.7 Å². The molecule has 0 aliphatic carbocycles. The van der Waals surface area contributed by atoms with Crippen LogP contribution >= 0.6 is 0 Å². The zero-order chi connectivity index (χ0) is 66.2. The van der Waals surface area contributed by atoms with Crippen molar-refractivity contribution in [2.24, 2.45) is 35.1 Å². The van der Waals surface area contributed by atoms with E-state index in [0.29, 0.717) is 62.1 Å². The summed E-state index contributed by atoms with van der Waals surface area (Å²) in [6.45, 7) is 15.9. The van der Waals surface area contributed by atoms with Crippen LogP contribution in [0.4, 0.5) is 21.0 Å². The Hall–Kier alpha value is -7.67. The molecular formula is C65H99N11O13. The Kier molecular flexibility index (Phi) is 29.9. The monoisotopic (exact) mass is 1240 g/mol. The van der Waals surface area contributed by atoms with Crippen molar-refractivity contribution in [3.05, 3.63) is 95.6 Å². The molecule has 4 rings (SSSR count). The Bertz CT molecular complexity index is 2790. The van der Waals surface area contributed by atoms with Crippen LogP contribution in [-0.2, 0) is 67.2 Å². The molecule has 11 atom stereocenters. The van der Waals surface area contributed by atoms with E-state index in [-0.39, 0.29) is 67.9 Å². The van der Waals surface area contributed by atoms with Crippen molar-refractivity contribution in [2.45, 2.75) is 168 Å². The number of likely N-dealkylation sites (N-methyl/N-ethyl adjacent to an activating group) is 2. The second kappa shape index (κ2) is 36.1. The number of carbonyl (C=O) groups is 9. The lowest BCUT2D eigenvalue weighted by Gasteiger charge is -2.40. The summed E-state index contributed by atoms with van der Waals surface area (Å²) in [6, 6.07) is 17.0. The molecule has 89 heavy (non-hydrogen) atoms. The lowest BCUT2D eigenvalue weighted by molar-refractivity contribution is -0.147. The largest absolute Gasteiger partial charge is 0.480 e. The Morgan fingerprint density at radius 1 is 0.742 bits per heavy atom. The van der Waals surface area contributed by atoms with Crippen LogP contribution in [0.5, 0.6) is 0 Å². The fourth-order valence-electron chi connectivity index (χ4n) is 11.3. The number of likely N-dealkylation sites (tertiary alicyclic amines) is 1. The third kappa shape index (κ3) is 22.1. The number of carboxylic acids is 1. The highest BCUT2D eigenvalue weighted by Gasteiger charge is 2.43. The first-order valence-electron chi connectivity index (χ1n) is 30.8. The van der Waals surface area contributed by atoms with Gasteiger partial charge in [0.2, 0.25) is 35.4 Å². The molecule has 24 nitrogen and oxygen atoms in total. The number of aliphatic carboxylic acids is 1. The van der Waals surface area contributed by atoms with Gasteiger partial charge >= 0.3 is 18.1 Å². The first-order chi connectivity index (χ1) is 42.1. The number of methoxy groups -OCH3 is 2. The van der Waals surface area contributed by atoms with Crippen LogP contribution in [0.2, 0.25) is 0 Å². The molecular weight excluding hydrogens is 1140 g/mol. The number of nitrogens with zero attached hydrogens (tertiary/aromatic N) is 4. The third-order valence-corrected chi connectivity index (χ3v) is 16.8. The van der Waals surface area contributed by atoms with Gasteiger partial charge in [-0.2, -0.15) is 0 Å². The number of urea groups is 1. The minimum atomic E-state index is -1.17. The second-order valence-electron chi connectivity index (χ2n) is 24.1. The first kappa shape index (κ1) is 73.8.